The Kier molecular flexibility index (Phi) is 18.3. The van der Waals surface area contributed by atoms with Gasteiger partial charge in [0.1, 0.15) is 25.4 Å². The number of carbonyl (C=O) groups excluding carboxylic acids is 8. The van der Waals surface area contributed by atoms with Crippen molar-refractivity contribution < 1.29 is 117 Å². The minimum absolute atomic E-state index is 0.358. The molecule has 26 heteroatoms. The van der Waals surface area contributed by atoms with Gasteiger partial charge in [0.15, 0.2) is 49.1 Å². The fraction of sp³-hybridized carbons (Fsp3) is 0.458. The van der Waals surface area contributed by atoms with Crippen LogP contribution in [0.5, 0.6) is 5.75 Å². The third-order valence-corrected chi connectivity index (χ3v) is 11.3. The van der Waals surface area contributed by atoms with Crippen molar-refractivity contribution in [1.29, 1.82) is 0 Å². The van der Waals surface area contributed by atoms with E-state index in [4.69, 9.17) is 52.1 Å². The highest BCUT2D eigenvalue weighted by Gasteiger charge is 2.57. The number of esters is 7. The molecular formula is C48H48F5NO20. The molecule has 11 atom stereocenters. The van der Waals surface area contributed by atoms with Crippen LogP contribution >= 0.6 is 0 Å². The van der Waals surface area contributed by atoms with Crippen molar-refractivity contribution in [3.8, 4) is 16.9 Å². The van der Waals surface area contributed by atoms with E-state index in [1.807, 2.05) is 12.1 Å². The van der Waals surface area contributed by atoms with Crippen LogP contribution in [0.4, 0.5) is 26.7 Å². The van der Waals surface area contributed by atoms with Crippen LogP contribution in [0.15, 0.2) is 48.5 Å². The van der Waals surface area contributed by atoms with E-state index in [2.05, 4.69) is 10.1 Å². The predicted molar refractivity (Wildman–Crippen MR) is 232 cm³/mol. The summed E-state index contributed by atoms with van der Waals surface area (Å²) in [6, 6.07) is 12.1. The number of carbonyl (C=O) groups is 8. The van der Waals surface area contributed by atoms with Crippen molar-refractivity contribution in [2.75, 3.05) is 19.8 Å². The molecule has 2 saturated heterocycles. The van der Waals surface area contributed by atoms with Crippen molar-refractivity contribution in [1.82, 2.24) is 5.32 Å². The molecule has 0 unspecified atom stereocenters. The fourth-order valence-electron chi connectivity index (χ4n) is 8.38. The second kappa shape index (κ2) is 24.2. The third-order valence-electron chi connectivity index (χ3n) is 11.3. The van der Waals surface area contributed by atoms with Crippen LogP contribution < -0.4 is 10.1 Å². The molecule has 0 bridgehead atoms. The summed E-state index contributed by atoms with van der Waals surface area (Å²) < 4.78 is 139. The summed E-state index contributed by atoms with van der Waals surface area (Å²) in [5.74, 6) is -23.0. The molecule has 1 amide bonds. The lowest BCUT2D eigenvalue weighted by atomic mass is 9.96. The van der Waals surface area contributed by atoms with Gasteiger partial charge in [-0.3, -0.25) is 28.8 Å². The zero-order valence-electron chi connectivity index (χ0n) is 40.2. The molecular weight excluding hydrogens is 1010 g/mol. The fourth-order valence-corrected chi connectivity index (χ4v) is 8.38. The Morgan fingerprint density at radius 2 is 1.00 bits per heavy atom. The number of hydrogen-bond donors (Lipinski definition) is 1. The molecule has 3 aromatic carbocycles. The van der Waals surface area contributed by atoms with E-state index < -0.39 is 169 Å². The summed E-state index contributed by atoms with van der Waals surface area (Å²) in [7, 11) is 0. The number of nitrogens with one attached hydrogen (secondary N) is 1. The van der Waals surface area contributed by atoms with Gasteiger partial charge in [-0.15, -0.1) is 0 Å². The van der Waals surface area contributed by atoms with Gasteiger partial charge >= 0.3 is 47.9 Å². The molecule has 400 valence electrons. The Hall–Kier alpha value is -7.29. The van der Waals surface area contributed by atoms with E-state index in [0.717, 1.165) is 63.8 Å². The molecule has 3 aliphatic rings. The van der Waals surface area contributed by atoms with Gasteiger partial charge in [-0.1, -0.05) is 48.5 Å². The lowest BCUT2D eigenvalue weighted by molar-refractivity contribution is -0.357. The SMILES string of the molecule is CC(=O)OC[C@H]1O[C@H](O[C@@H]2[C@H](OC(C)=O)[C@@H](OC(C)=O)[C@H](OC[C@H](NC(=O)OCC3c4ccccc4-c4ccccc43)C(=O)Oc3c(F)c(F)c(F)c(F)c3F)O[C@@H]2C)[C@H](OC(C)=O)[C@@H](OC(C)=O)[C@H]1OC(C)=O. The summed E-state index contributed by atoms with van der Waals surface area (Å²) in [5, 5.41) is 2.08. The first-order chi connectivity index (χ1) is 35.0. The maximum Gasteiger partial charge on any atom is 0.407 e. The Bertz CT molecular complexity index is 2580. The topological polar surface area (TPSA) is 259 Å². The van der Waals surface area contributed by atoms with Gasteiger partial charge in [0.2, 0.25) is 34.8 Å². The van der Waals surface area contributed by atoms with Crippen LogP contribution in [0.3, 0.4) is 0 Å². The maximum atomic E-state index is 14.8. The van der Waals surface area contributed by atoms with Crippen molar-refractivity contribution in [2.24, 2.45) is 0 Å². The summed E-state index contributed by atoms with van der Waals surface area (Å²) in [4.78, 5) is 102. The molecule has 1 N–H and O–H groups in total. The molecule has 6 rings (SSSR count). The molecule has 74 heavy (non-hydrogen) atoms. The lowest BCUT2D eigenvalue weighted by Crippen LogP contribution is -2.66. The number of amides is 1. The van der Waals surface area contributed by atoms with Crippen LogP contribution in [0, 0.1) is 29.1 Å². The number of ether oxygens (including phenoxy) is 12. The summed E-state index contributed by atoms with van der Waals surface area (Å²) in [5.41, 5.74) is 3.23. The van der Waals surface area contributed by atoms with Gasteiger partial charge < -0.3 is 62.2 Å². The highest BCUT2D eigenvalue weighted by molar-refractivity contribution is 5.83. The Morgan fingerprint density at radius 3 is 1.51 bits per heavy atom. The van der Waals surface area contributed by atoms with Crippen molar-refractivity contribution in [2.45, 2.75) is 122 Å². The molecule has 3 aromatic rings. The molecule has 21 nitrogen and oxygen atoms in total. The van der Waals surface area contributed by atoms with E-state index in [1.54, 1.807) is 36.4 Å². The highest BCUT2D eigenvalue weighted by Crippen LogP contribution is 2.45. The second-order valence-electron chi connectivity index (χ2n) is 16.7. The van der Waals surface area contributed by atoms with Gasteiger partial charge in [0, 0.05) is 47.5 Å². The smallest absolute Gasteiger partial charge is 0.407 e. The summed E-state index contributed by atoms with van der Waals surface area (Å²) >= 11 is 0. The second-order valence-corrected chi connectivity index (χ2v) is 16.7. The zero-order valence-corrected chi connectivity index (χ0v) is 40.2. The summed E-state index contributed by atoms with van der Waals surface area (Å²) in [6.07, 6.45) is -19.0. The Morgan fingerprint density at radius 1 is 0.541 bits per heavy atom. The number of halogens is 5. The highest BCUT2D eigenvalue weighted by atomic mass is 19.2. The Balaban J connectivity index is 1.31. The lowest BCUT2D eigenvalue weighted by Gasteiger charge is -2.48. The van der Waals surface area contributed by atoms with Crippen LogP contribution in [-0.4, -0.2) is 135 Å². The summed E-state index contributed by atoms with van der Waals surface area (Å²) in [6.45, 7) is 4.82. The van der Waals surface area contributed by atoms with Gasteiger partial charge in [0.05, 0.1) is 12.7 Å². The monoisotopic (exact) mass is 1050 g/mol. The van der Waals surface area contributed by atoms with Gasteiger partial charge in [-0.25, -0.2) is 22.8 Å². The third kappa shape index (κ3) is 13.1. The largest absolute Gasteiger partial charge is 0.463 e. The van der Waals surface area contributed by atoms with Gasteiger partial charge in [-0.2, -0.15) is 8.78 Å². The van der Waals surface area contributed by atoms with Crippen LogP contribution in [0.1, 0.15) is 65.5 Å². The molecule has 1 aliphatic carbocycles. The van der Waals surface area contributed by atoms with E-state index in [1.165, 1.54) is 6.92 Å². The standard InChI is InChI=1S/C48H48F5NO20/c1-19-38(74-47-44(71-25(7)60)42(69-23(5)58)39(67-21(3)56)32(72-47)18-63-20(2)55)41(68-22(4)57)43(70-24(6)59)46(66-19)64-17-31(45(61)73-40-36(52)34(50)33(49)35(51)37(40)53)54-48(62)65-16-30-28-14-10-8-12-26(28)27-13-9-11-15-29(27)30/h8-15,19,30-32,38-39,41-44,46-47H,16-18H2,1-7H3,(H,54,62)/t19-,31+,32-,38+,39+,41+,42+,43-,44-,46-,47-/m1/s1. The van der Waals surface area contributed by atoms with Crippen molar-refractivity contribution in [3.05, 3.63) is 88.7 Å². The molecule has 2 aliphatic heterocycles. The maximum absolute atomic E-state index is 14.8. The minimum atomic E-state index is -2.57. The van der Waals surface area contributed by atoms with Gasteiger partial charge in [0.25, 0.3) is 0 Å². The molecule has 2 heterocycles. The average Bonchev–Trinajstić information content (AvgIpc) is 3.65. The number of rotatable bonds is 17. The number of fused-ring (bicyclic) bond motifs is 3. The van der Waals surface area contributed by atoms with Crippen molar-refractivity contribution in [3.63, 3.8) is 0 Å². The minimum Gasteiger partial charge on any atom is -0.463 e. The van der Waals surface area contributed by atoms with Crippen LogP contribution in [-0.2, 0) is 85.7 Å². The van der Waals surface area contributed by atoms with Crippen LogP contribution in [0.2, 0.25) is 0 Å². The van der Waals surface area contributed by atoms with Crippen molar-refractivity contribution >= 4 is 47.9 Å². The van der Waals surface area contributed by atoms with E-state index in [0.29, 0.717) is 0 Å². The predicted octanol–water partition coefficient (Wildman–Crippen LogP) is 4.29. The number of alkyl carbamates (subject to hydrolysis) is 1. The quantitative estimate of drug-likeness (QED) is 0.0494. The van der Waals surface area contributed by atoms with Gasteiger partial charge in [-0.05, 0) is 29.2 Å². The first kappa shape index (κ1) is 56.0. The first-order valence-electron chi connectivity index (χ1n) is 22.4. The van der Waals surface area contributed by atoms with E-state index in [-0.39, 0.29) is 6.61 Å². The normalized spacial score (nSPS) is 24.4. The number of hydrogen-bond acceptors (Lipinski definition) is 20. The molecule has 0 saturated carbocycles. The zero-order chi connectivity index (χ0) is 54.3. The molecule has 0 spiro atoms. The van der Waals surface area contributed by atoms with E-state index in [9.17, 15) is 60.3 Å². The first-order valence-corrected chi connectivity index (χ1v) is 22.4. The van der Waals surface area contributed by atoms with Crippen LogP contribution in [0.25, 0.3) is 11.1 Å². The average molecular weight is 1050 g/mol. The number of benzene rings is 3. The van der Waals surface area contributed by atoms with E-state index >= 15 is 0 Å². The molecule has 0 aromatic heterocycles. The Labute approximate surface area is 417 Å². The molecule has 0 radical (unpaired) electrons. The molecule has 2 fully saturated rings.